The van der Waals surface area contributed by atoms with Crippen molar-refractivity contribution in [2.45, 2.75) is 13.8 Å². The minimum absolute atomic E-state index is 0.263. The highest BCUT2D eigenvalue weighted by Gasteiger charge is 2.12. The maximum absolute atomic E-state index is 12.5. The number of nitrogens with one attached hydrogen (secondary N) is 1. The molecule has 0 bridgehead atoms. The van der Waals surface area contributed by atoms with Crippen molar-refractivity contribution in [1.82, 2.24) is 4.98 Å². The van der Waals surface area contributed by atoms with Gasteiger partial charge in [0.05, 0.1) is 6.61 Å². The number of hydrogen-bond acceptors (Lipinski definition) is 5. The fourth-order valence-electron chi connectivity index (χ4n) is 2.59. The van der Waals surface area contributed by atoms with Crippen LogP contribution in [-0.2, 0) is 0 Å². The standard InChI is InChI=1S/C23H24N2O4/c1-3-27-21-15-18(23(26)25-22-12-9-17(2)16-24-22)10-11-20(21)29-14-13-28-19-7-5-4-6-8-19/h4-12,15-16H,3,13-14H2,1-2H3,(H,24,25,26). The number of aryl methyl sites for hydroxylation is 1. The molecule has 0 atom stereocenters. The Hall–Kier alpha value is -3.54. The lowest BCUT2D eigenvalue weighted by Gasteiger charge is -2.14. The third kappa shape index (κ3) is 5.97. The number of nitrogens with zero attached hydrogens (tertiary/aromatic N) is 1. The second-order valence-corrected chi connectivity index (χ2v) is 6.28. The van der Waals surface area contributed by atoms with Crippen LogP contribution in [0.25, 0.3) is 0 Å². The van der Waals surface area contributed by atoms with Gasteiger partial charge in [0.15, 0.2) is 11.5 Å². The highest BCUT2D eigenvalue weighted by molar-refractivity contribution is 6.04. The first-order valence-corrected chi connectivity index (χ1v) is 9.47. The van der Waals surface area contributed by atoms with Crippen molar-refractivity contribution in [3.8, 4) is 17.2 Å². The van der Waals surface area contributed by atoms with Crippen LogP contribution in [0.4, 0.5) is 5.82 Å². The van der Waals surface area contributed by atoms with Crippen molar-refractivity contribution in [3.05, 3.63) is 78.0 Å². The van der Waals surface area contributed by atoms with Gasteiger partial charge in [-0.3, -0.25) is 4.79 Å². The molecule has 1 heterocycles. The first-order chi connectivity index (χ1) is 14.2. The van der Waals surface area contributed by atoms with E-state index in [1.165, 1.54) is 0 Å². The van der Waals surface area contributed by atoms with Crippen LogP contribution in [0.15, 0.2) is 66.9 Å². The topological polar surface area (TPSA) is 69.7 Å². The van der Waals surface area contributed by atoms with Crippen molar-refractivity contribution < 1.29 is 19.0 Å². The molecule has 6 heteroatoms. The number of carbonyl (C=O) groups excluding carboxylic acids is 1. The number of anilines is 1. The lowest BCUT2D eigenvalue weighted by atomic mass is 10.2. The van der Waals surface area contributed by atoms with Crippen LogP contribution in [-0.4, -0.2) is 30.7 Å². The molecule has 0 aliphatic carbocycles. The van der Waals surface area contributed by atoms with Crippen LogP contribution in [0, 0.1) is 6.92 Å². The minimum atomic E-state index is -0.263. The van der Waals surface area contributed by atoms with Crippen LogP contribution >= 0.6 is 0 Å². The smallest absolute Gasteiger partial charge is 0.256 e. The van der Waals surface area contributed by atoms with Crippen molar-refractivity contribution in [2.75, 3.05) is 25.1 Å². The Morgan fingerprint density at radius 2 is 1.72 bits per heavy atom. The van der Waals surface area contributed by atoms with E-state index in [0.29, 0.717) is 42.7 Å². The van der Waals surface area contributed by atoms with E-state index < -0.39 is 0 Å². The van der Waals surface area contributed by atoms with Gasteiger partial charge in [0, 0.05) is 11.8 Å². The second kappa shape index (κ2) is 10.1. The van der Waals surface area contributed by atoms with E-state index in [0.717, 1.165) is 11.3 Å². The van der Waals surface area contributed by atoms with Crippen molar-refractivity contribution in [2.24, 2.45) is 0 Å². The molecule has 2 aromatic carbocycles. The summed E-state index contributed by atoms with van der Waals surface area (Å²) in [7, 11) is 0. The van der Waals surface area contributed by atoms with E-state index in [1.807, 2.05) is 50.2 Å². The van der Waals surface area contributed by atoms with Gasteiger partial charge in [0.25, 0.3) is 5.91 Å². The number of benzene rings is 2. The first kappa shape index (κ1) is 20.2. The summed E-state index contributed by atoms with van der Waals surface area (Å²) in [6.07, 6.45) is 1.70. The fraction of sp³-hybridized carbons (Fsp3) is 0.217. The SMILES string of the molecule is CCOc1cc(C(=O)Nc2ccc(C)cn2)ccc1OCCOc1ccccc1. The summed E-state index contributed by atoms with van der Waals surface area (Å²) < 4.78 is 17.1. The lowest BCUT2D eigenvalue weighted by molar-refractivity contribution is 0.102. The predicted molar refractivity (Wildman–Crippen MR) is 112 cm³/mol. The average molecular weight is 392 g/mol. The maximum Gasteiger partial charge on any atom is 0.256 e. The molecule has 1 amide bonds. The zero-order valence-electron chi connectivity index (χ0n) is 16.6. The number of aromatic nitrogens is 1. The van der Waals surface area contributed by atoms with E-state index in [4.69, 9.17) is 14.2 Å². The molecule has 0 saturated heterocycles. The normalized spacial score (nSPS) is 10.3. The average Bonchev–Trinajstić information content (AvgIpc) is 2.74. The summed E-state index contributed by atoms with van der Waals surface area (Å²) in [4.78, 5) is 16.7. The summed E-state index contributed by atoms with van der Waals surface area (Å²) >= 11 is 0. The van der Waals surface area contributed by atoms with Crippen LogP contribution in [0.3, 0.4) is 0 Å². The molecule has 150 valence electrons. The van der Waals surface area contributed by atoms with Crippen molar-refractivity contribution in [1.29, 1.82) is 0 Å². The quantitative estimate of drug-likeness (QED) is 0.543. The van der Waals surface area contributed by atoms with Gasteiger partial charge in [-0.1, -0.05) is 24.3 Å². The van der Waals surface area contributed by atoms with E-state index in [2.05, 4.69) is 10.3 Å². The monoisotopic (exact) mass is 392 g/mol. The predicted octanol–water partition coefficient (Wildman–Crippen LogP) is 4.50. The molecule has 3 rings (SSSR count). The molecular formula is C23H24N2O4. The van der Waals surface area contributed by atoms with Crippen molar-refractivity contribution in [3.63, 3.8) is 0 Å². The largest absolute Gasteiger partial charge is 0.490 e. The van der Waals surface area contributed by atoms with Gasteiger partial charge in [-0.15, -0.1) is 0 Å². The number of hydrogen-bond donors (Lipinski definition) is 1. The van der Waals surface area contributed by atoms with E-state index in [1.54, 1.807) is 30.5 Å². The Balaban J connectivity index is 1.61. The molecule has 29 heavy (non-hydrogen) atoms. The van der Waals surface area contributed by atoms with E-state index in [-0.39, 0.29) is 5.91 Å². The van der Waals surface area contributed by atoms with E-state index in [9.17, 15) is 4.79 Å². The molecule has 6 nitrogen and oxygen atoms in total. The van der Waals surface area contributed by atoms with Crippen LogP contribution in [0.2, 0.25) is 0 Å². The molecule has 0 aliphatic rings. The van der Waals surface area contributed by atoms with Gasteiger partial charge in [0.2, 0.25) is 0 Å². The number of ether oxygens (including phenoxy) is 3. The Morgan fingerprint density at radius 1 is 0.931 bits per heavy atom. The summed E-state index contributed by atoms with van der Waals surface area (Å²) in [5.41, 5.74) is 1.49. The zero-order chi connectivity index (χ0) is 20.5. The van der Waals surface area contributed by atoms with Gasteiger partial charge in [-0.05, 0) is 55.8 Å². The molecule has 0 unspecified atom stereocenters. The number of pyridine rings is 1. The summed E-state index contributed by atoms with van der Waals surface area (Å²) in [6.45, 7) is 5.04. The van der Waals surface area contributed by atoms with Gasteiger partial charge in [-0.2, -0.15) is 0 Å². The third-order valence-electron chi connectivity index (χ3n) is 4.01. The van der Waals surface area contributed by atoms with Crippen LogP contribution in [0.5, 0.6) is 17.2 Å². The second-order valence-electron chi connectivity index (χ2n) is 6.28. The fourth-order valence-corrected chi connectivity index (χ4v) is 2.59. The van der Waals surface area contributed by atoms with Crippen molar-refractivity contribution >= 4 is 11.7 Å². The molecule has 3 aromatic rings. The number of rotatable bonds is 9. The summed E-state index contributed by atoms with van der Waals surface area (Å²) in [5, 5.41) is 2.78. The highest BCUT2D eigenvalue weighted by atomic mass is 16.5. The lowest BCUT2D eigenvalue weighted by Crippen LogP contribution is -2.14. The molecule has 0 fully saturated rings. The molecule has 1 aromatic heterocycles. The number of para-hydroxylation sites is 1. The molecule has 0 saturated carbocycles. The van der Waals surface area contributed by atoms with Gasteiger partial charge < -0.3 is 19.5 Å². The number of carbonyl (C=O) groups is 1. The highest BCUT2D eigenvalue weighted by Crippen LogP contribution is 2.29. The molecular weight excluding hydrogens is 368 g/mol. The zero-order valence-corrected chi connectivity index (χ0v) is 16.6. The van der Waals surface area contributed by atoms with Gasteiger partial charge in [0.1, 0.15) is 24.8 Å². The molecule has 0 spiro atoms. The van der Waals surface area contributed by atoms with Crippen LogP contribution < -0.4 is 19.5 Å². The molecule has 0 radical (unpaired) electrons. The molecule has 1 N–H and O–H groups in total. The molecule has 0 aliphatic heterocycles. The Bertz CT molecular complexity index is 927. The van der Waals surface area contributed by atoms with E-state index >= 15 is 0 Å². The third-order valence-corrected chi connectivity index (χ3v) is 4.01. The Kier molecular flexibility index (Phi) is 7.05. The Labute approximate surface area is 170 Å². The minimum Gasteiger partial charge on any atom is -0.490 e. The summed E-state index contributed by atoms with van der Waals surface area (Å²) in [5.74, 6) is 2.10. The maximum atomic E-state index is 12.5. The Morgan fingerprint density at radius 3 is 2.45 bits per heavy atom. The van der Waals surface area contributed by atoms with Gasteiger partial charge in [-0.25, -0.2) is 4.98 Å². The number of amides is 1. The first-order valence-electron chi connectivity index (χ1n) is 9.47. The van der Waals surface area contributed by atoms with Crippen LogP contribution in [0.1, 0.15) is 22.8 Å². The van der Waals surface area contributed by atoms with Gasteiger partial charge >= 0.3 is 0 Å². The summed E-state index contributed by atoms with van der Waals surface area (Å²) in [6, 6.07) is 18.3.